The lowest BCUT2D eigenvalue weighted by Crippen LogP contribution is -2.51. The van der Waals surface area contributed by atoms with E-state index in [-0.39, 0.29) is 22.2 Å². The maximum atomic E-state index is 14.2. The predicted octanol–water partition coefficient (Wildman–Crippen LogP) is 6.25. The van der Waals surface area contributed by atoms with Crippen LogP contribution in [0, 0.1) is 6.92 Å². The molecule has 1 unspecified atom stereocenters. The van der Waals surface area contributed by atoms with Crippen molar-refractivity contribution in [3.05, 3.63) is 125 Å². The van der Waals surface area contributed by atoms with E-state index >= 15 is 0 Å². The SMILES string of the molecule is Cc1ccc(-c2ccccc2C(=O)Nc2ccc(C(=O)[N+]3(C)CCC=C(C(=O)N4CCN(C)CC4)c4ccccc43)cc2)cc1. The third-order valence-corrected chi connectivity index (χ3v) is 9.04. The third kappa shape index (κ3) is 6.10. The summed E-state index contributed by atoms with van der Waals surface area (Å²) in [5.74, 6) is -0.249. The van der Waals surface area contributed by atoms with Crippen LogP contribution in [0.3, 0.4) is 0 Å². The van der Waals surface area contributed by atoms with E-state index in [1.165, 1.54) is 0 Å². The quantitative estimate of drug-likeness (QED) is 0.275. The van der Waals surface area contributed by atoms with Crippen molar-refractivity contribution in [3.8, 4) is 11.1 Å². The Morgan fingerprint density at radius 3 is 2.11 bits per heavy atom. The number of aryl methyl sites for hydroxylation is 1. The van der Waals surface area contributed by atoms with Crippen molar-refractivity contribution in [2.75, 3.05) is 52.1 Å². The molecule has 2 aliphatic rings. The molecule has 0 spiro atoms. The highest BCUT2D eigenvalue weighted by Gasteiger charge is 2.40. The van der Waals surface area contributed by atoms with Crippen molar-refractivity contribution in [2.24, 2.45) is 0 Å². The van der Waals surface area contributed by atoms with Gasteiger partial charge < -0.3 is 15.1 Å². The number of nitrogens with one attached hydrogen (secondary N) is 1. The van der Waals surface area contributed by atoms with E-state index in [0.29, 0.717) is 48.4 Å². The number of likely N-dealkylation sites (N-methyl/N-ethyl adjacent to an activating group) is 1. The first-order chi connectivity index (χ1) is 21.7. The number of piperazine rings is 1. The molecular formula is C38H39N4O3+. The van der Waals surface area contributed by atoms with Crippen LogP contribution in [0.4, 0.5) is 11.4 Å². The number of hydrogen-bond acceptors (Lipinski definition) is 4. The van der Waals surface area contributed by atoms with Gasteiger partial charge in [0.05, 0.1) is 19.2 Å². The molecule has 7 heteroatoms. The van der Waals surface area contributed by atoms with E-state index in [0.717, 1.165) is 41.0 Å². The Hall–Kier alpha value is -4.85. The van der Waals surface area contributed by atoms with Crippen molar-refractivity contribution in [1.29, 1.82) is 0 Å². The van der Waals surface area contributed by atoms with E-state index < -0.39 is 0 Å². The molecule has 228 valence electrons. The summed E-state index contributed by atoms with van der Waals surface area (Å²) in [5, 5.41) is 3.00. The minimum absolute atomic E-state index is 0.0282. The number of nitrogens with zero attached hydrogens (tertiary/aromatic N) is 3. The molecule has 0 aromatic heterocycles. The molecular weight excluding hydrogens is 560 g/mol. The topological polar surface area (TPSA) is 69.7 Å². The van der Waals surface area contributed by atoms with Crippen LogP contribution < -0.4 is 9.80 Å². The maximum Gasteiger partial charge on any atom is 0.350 e. The molecule has 3 amide bonds. The van der Waals surface area contributed by atoms with Crippen LogP contribution in [0.15, 0.2) is 103 Å². The van der Waals surface area contributed by atoms with Gasteiger partial charge in [0, 0.05) is 61.1 Å². The number of carbonyl (C=O) groups excluding carboxylic acids is 3. The highest BCUT2D eigenvalue weighted by molar-refractivity contribution is 6.22. The van der Waals surface area contributed by atoms with E-state index in [2.05, 4.69) is 17.3 Å². The van der Waals surface area contributed by atoms with Gasteiger partial charge in [-0.15, -0.1) is 0 Å². The van der Waals surface area contributed by atoms with Crippen molar-refractivity contribution < 1.29 is 14.4 Å². The van der Waals surface area contributed by atoms with Crippen molar-refractivity contribution in [3.63, 3.8) is 0 Å². The molecule has 1 fully saturated rings. The lowest BCUT2D eigenvalue weighted by Gasteiger charge is -2.34. The lowest BCUT2D eigenvalue weighted by molar-refractivity contribution is -0.126. The van der Waals surface area contributed by atoms with Crippen LogP contribution in [0.2, 0.25) is 0 Å². The fourth-order valence-electron chi connectivity index (χ4n) is 6.27. The molecule has 45 heavy (non-hydrogen) atoms. The Morgan fingerprint density at radius 2 is 1.40 bits per heavy atom. The highest BCUT2D eigenvalue weighted by atomic mass is 16.2. The first-order valence-corrected chi connectivity index (χ1v) is 15.5. The highest BCUT2D eigenvalue weighted by Crippen LogP contribution is 2.37. The maximum absolute atomic E-state index is 14.2. The molecule has 2 heterocycles. The average Bonchev–Trinajstić information content (AvgIpc) is 3.22. The molecule has 4 aromatic carbocycles. The predicted molar refractivity (Wildman–Crippen MR) is 181 cm³/mol. The van der Waals surface area contributed by atoms with Gasteiger partial charge in [0.2, 0.25) is 0 Å². The normalized spacial score (nSPS) is 18.4. The summed E-state index contributed by atoms with van der Waals surface area (Å²) < 4.78 is 0.0435. The lowest BCUT2D eigenvalue weighted by atomic mass is 9.98. The fourth-order valence-corrected chi connectivity index (χ4v) is 6.27. The molecule has 1 N–H and O–H groups in total. The number of benzene rings is 4. The molecule has 4 aromatic rings. The Morgan fingerprint density at radius 1 is 0.756 bits per heavy atom. The Kier molecular flexibility index (Phi) is 8.48. The second-order valence-electron chi connectivity index (χ2n) is 12.2. The zero-order valence-electron chi connectivity index (χ0n) is 26.1. The number of quaternary nitrogens is 1. The van der Waals surface area contributed by atoms with Crippen molar-refractivity contribution in [2.45, 2.75) is 13.3 Å². The van der Waals surface area contributed by atoms with E-state index in [4.69, 9.17) is 0 Å². The molecule has 0 saturated carbocycles. The molecule has 0 aliphatic carbocycles. The smallest absolute Gasteiger partial charge is 0.336 e. The van der Waals surface area contributed by atoms with E-state index in [1.54, 1.807) is 24.3 Å². The molecule has 2 aliphatic heterocycles. The first-order valence-electron chi connectivity index (χ1n) is 15.5. The number of para-hydroxylation sites is 1. The Bertz CT molecular complexity index is 1770. The van der Waals surface area contributed by atoms with Gasteiger partial charge in [-0.25, -0.2) is 9.28 Å². The minimum atomic E-state index is -0.214. The van der Waals surface area contributed by atoms with Gasteiger partial charge in [0.15, 0.2) is 0 Å². The van der Waals surface area contributed by atoms with Gasteiger partial charge in [-0.05, 0) is 61.5 Å². The fraction of sp³-hybridized carbons (Fsp3) is 0.237. The van der Waals surface area contributed by atoms with Gasteiger partial charge in [0.25, 0.3) is 11.8 Å². The minimum Gasteiger partial charge on any atom is -0.336 e. The number of fused-ring (bicyclic) bond motifs is 1. The van der Waals surface area contributed by atoms with Crippen LogP contribution in [0.25, 0.3) is 16.7 Å². The number of rotatable bonds is 5. The van der Waals surface area contributed by atoms with Crippen LogP contribution in [0.5, 0.6) is 0 Å². The van der Waals surface area contributed by atoms with E-state index in [1.807, 2.05) is 97.7 Å². The zero-order valence-corrected chi connectivity index (χ0v) is 26.1. The average molecular weight is 600 g/mol. The largest absolute Gasteiger partial charge is 0.350 e. The van der Waals surface area contributed by atoms with Crippen LogP contribution in [-0.4, -0.2) is 74.3 Å². The van der Waals surface area contributed by atoms with Crippen molar-refractivity contribution >= 4 is 34.7 Å². The number of anilines is 1. The van der Waals surface area contributed by atoms with Crippen LogP contribution in [0.1, 0.15) is 38.3 Å². The monoisotopic (exact) mass is 599 g/mol. The summed E-state index contributed by atoms with van der Waals surface area (Å²) in [6.07, 6.45) is 2.60. The molecule has 7 nitrogen and oxygen atoms in total. The van der Waals surface area contributed by atoms with Crippen LogP contribution in [-0.2, 0) is 4.79 Å². The first kappa shape index (κ1) is 30.2. The molecule has 0 bridgehead atoms. The Labute approximate surface area is 265 Å². The summed E-state index contributed by atoms with van der Waals surface area (Å²) in [5.41, 5.74) is 7.03. The van der Waals surface area contributed by atoms with Gasteiger partial charge in [-0.1, -0.05) is 66.2 Å². The molecule has 1 saturated heterocycles. The number of carbonyl (C=O) groups is 3. The zero-order chi connectivity index (χ0) is 31.6. The summed E-state index contributed by atoms with van der Waals surface area (Å²) >= 11 is 0. The molecule has 1 atom stereocenters. The summed E-state index contributed by atoms with van der Waals surface area (Å²) in [6.45, 7) is 5.66. The van der Waals surface area contributed by atoms with Gasteiger partial charge in [-0.3, -0.25) is 9.59 Å². The van der Waals surface area contributed by atoms with Crippen molar-refractivity contribution in [1.82, 2.24) is 14.3 Å². The number of amides is 3. The summed E-state index contributed by atoms with van der Waals surface area (Å²) in [6, 6.07) is 30.5. The van der Waals surface area contributed by atoms with Gasteiger partial charge in [-0.2, -0.15) is 0 Å². The third-order valence-electron chi connectivity index (χ3n) is 9.04. The summed E-state index contributed by atoms with van der Waals surface area (Å²) in [7, 11) is 4.00. The standard InChI is InChI=1S/C38H38N4O3/c1-27-14-16-28(17-15-27)31-9-4-5-11-33(31)36(43)39-30-20-18-29(19-21-30)38(45)42(3)26-8-12-34(32-10-6-7-13-35(32)42)37(44)41-24-22-40(2)23-25-41/h4-7,9-21H,8,22-26H2,1-3H3/p+1. The summed E-state index contributed by atoms with van der Waals surface area (Å²) in [4.78, 5) is 45.4. The van der Waals surface area contributed by atoms with Crippen LogP contribution >= 0.6 is 0 Å². The molecule has 0 radical (unpaired) electrons. The second-order valence-corrected chi connectivity index (χ2v) is 12.2. The Balaban J connectivity index is 1.22. The second kappa shape index (κ2) is 12.6. The number of hydrogen-bond donors (Lipinski definition) is 1. The van der Waals surface area contributed by atoms with Gasteiger partial charge >= 0.3 is 5.91 Å². The van der Waals surface area contributed by atoms with Gasteiger partial charge in [0.1, 0.15) is 5.69 Å². The molecule has 6 rings (SSSR count). The van der Waals surface area contributed by atoms with E-state index in [9.17, 15) is 14.4 Å².